The number of benzene rings is 1. The van der Waals surface area contributed by atoms with Crippen LogP contribution < -0.4 is 0 Å². The third-order valence-electron chi connectivity index (χ3n) is 3.20. The fraction of sp³-hybridized carbons (Fsp3) is 0.312. The molecule has 0 fully saturated rings. The Morgan fingerprint density at radius 3 is 2.47 bits per heavy atom. The van der Waals surface area contributed by atoms with Crippen LogP contribution in [0.1, 0.15) is 29.9 Å². The van der Waals surface area contributed by atoms with E-state index >= 15 is 0 Å². The van der Waals surface area contributed by atoms with Gasteiger partial charge < -0.3 is 0 Å². The quantitative estimate of drug-likeness (QED) is 0.748. The molecule has 0 bridgehead atoms. The molecule has 1 aromatic rings. The third kappa shape index (κ3) is 3.01. The second-order valence-corrected chi connectivity index (χ2v) is 4.52. The van der Waals surface area contributed by atoms with Crippen LogP contribution in [0.4, 0.5) is 0 Å². The van der Waals surface area contributed by atoms with E-state index in [-0.39, 0.29) is 12.8 Å². The minimum atomic E-state index is -1.23. The largest absolute Gasteiger partial charge is 0.198 e. The molecule has 3 heteroatoms. The predicted molar refractivity (Wildman–Crippen MR) is 72.6 cm³/mol. The van der Waals surface area contributed by atoms with Crippen LogP contribution in [-0.2, 0) is 0 Å². The summed E-state index contributed by atoms with van der Waals surface area (Å²) in [5, 5.41) is 27.8. The Kier molecular flexibility index (Phi) is 4.87. The number of nitrogens with zero attached hydrogens (tertiary/aromatic N) is 3. The molecule has 0 saturated carbocycles. The van der Waals surface area contributed by atoms with E-state index in [0.717, 1.165) is 11.1 Å². The molecule has 0 aliphatic heterocycles. The van der Waals surface area contributed by atoms with Crippen LogP contribution in [0, 0.1) is 46.3 Å². The molecule has 1 atom stereocenters. The van der Waals surface area contributed by atoms with Crippen LogP contribution in [0.5, 0.6) is 0 Å². The summed E-state index contributed by atoms with van der Waals surface area (Å²) in [6.45, 7) is 5.56. The van der Waals surface area contributed by atoms with E-state index in [9.17, 15) is 10.5 Å². The molecule has 0 aliphatic rings. The van der Waals surface area contributed by atoms with Crippen molar-refractivity contribution in [2.75, 3.05) is 0 Å². The zero-order chi connectivity index (χ0) is 14.3. The average Bonchev–Trinajstić information content (AvgIpc) is 2.43. The Balaban J connectivity index is 3.35. The zero-order valence-corrected chi connectivity index (χ0v) is 10.9. The van der Waals surface area contributed by atoms with Crippen molar-refractivity contribution in [2.45, 2.75) is 25.7 Å². The maximum atomic E-state index is 9.41. The van der Waals surface area contributed by atoms with Crippen molar-refractivity contribution in [2.24, 2.45) is 5.41 Å². The molecule has 0 radical (unpaired) electrons. The van der Waals surface area contributed by atoms with Crippen molar-refractivity contribution >= 4 is 0 Å². The van der Waals surface area contributed by atoms with E-state index < -0.39 is 11.3 Å². The van der Waals surface area contributed by atoms with Crippen molar-refractivity contribution in [3.05, 3.63) is 48.0 Å². The van der Waals surface area contributed by atoms with Gasteiger partial charge in [0.2, 0.25) is 0 Å². The van der Waals surface area contributed by atoms with Gasteiger partial charge in [0.1, 0.15) is 0 Å². The van der Waals surface area contributed by atoms with Gasteiger partial charge in [-0.25, -0.2) is 0 Å². The van der Waals surface area contributed by atoms with Crippen molar-refractivity contribution in [1.82, 2.24) is 0 Å². The molecule has 0 amide bonds. The highest BCUT2D eigenvalue weighted by molar-refractivity contribution is 5.34. The first-order valence-electron chi connectivity index (χ1n) is 6.00. The fourth-order valence-electron chi connectivity index (χ4n) is 2.20. The second-order valence-electron chi connectivity index (χ2n) is 4.52. The maximum Gasteiger partial charge on any atom is 0.155 e. The van der Waals surface area contributed by atoms with Crippen molar-refractivity contribution in [3.63, 3.8) is 0 Å². The van der Waals surface area contributed by atoms with Crippen LogP contribution in [0.2, 0.25) is 0 Å². The van der Waals surface area contributed by atoms with Crippen LogP contribution in [0.3, 0.4) is 0 Å². The lowest BCUT2D eigenvalue weighted by Crippen LogP contribution is -2.25. The molecule has 0 heterocycles. The van der Waals surface area contributed by atoms with Crippen LogP contribution in [0.25, 0.3) is 0 Å². The molecular formula is C16H15N3. The molecule has 0 N–H and O–H groups in total. The van der Waals surface area contributed by atoms with Crippen molar-refractivity contribution in [3.8, 4) is 18.2 Å². The molecule has 0 aliphatic carbocycles. The Morgan fingerprint density at radius 1 is 1.32 bits per heavy atom. The fourth-order valence-corrected chi connectivity index (χ4v) is 2.20. The second kappa shape index (κ2) is 6.39. The number of aryl methyl sites for hydroxylation is 1. The lowest BCUT2D eigenvalue weighted by atomic mass is 9.70. The zero-order valence-electron chi connectivity index (χ0n) is 10.9. The van der Waals surface area contributed by atoms with Gasteiger partial charge in [-0.05, 0) is 18.9 Å². The first-order chi connectivity index (χ1) is 9.13. The summed E-state index contributed by atoms with van der Waals surface area (Å²) in [6, 6.07) is 13.9. The van der Waals surface area contributed by atoms with Crippen LogP contribution in [0.15, 0.2) is 36.9 Å². The minimum absolute atomic E-state index is 0.137. The van der Waals surface area contributed by atoms with Crippen LogP contribution in [-0.4, -0.2) is 0 Å². The molecule has 19 heavy (non-hydrogen) atoms. The summed E-state index contributed by atoms with van der Waals surface area (Å²) in [5.41, 5.74) is 0.668. The number of nitriles is 3. The lowest BCUT2D eigenvalue weighted by molar-refractivity contribution is 0.418. The topological polar surface area (TPSA) is 71.4 Å². The number of rotatable bonds is 5. The van der Waals surface area contributed by atoms with Crippen molar-refractivity contribution < 1.29 is 0 Å². The van der Waals surface area contributed by atoms with Gasteiger partial charge in [-0.3, -0.25) is 0 Å². The SMILES string of the molecule is C=CCC(C#N)(C#N)C(CC#N)c1cccc(C)c1. The van der Waals surface area contributed by atoms with E-state index in [0.29, 0.717) is 0 Å². The molecule has 3 nitrogen and oxygen atoms in total. The normalized spacial score (nSPS) is 11.7. The highest BCUT2D eigenvalue weighted by Crippen LogP contribution is 2.41. The van der Waals surface area contributed by atoms with Gasteiger partial charge in [-0.2, -0.15) is 15.8 Å². The summed E-state index contributed by atoms with van der Waals surface area (Å²) < 4.78 is 0. The van der Waals surface area contributed by atoms with Gasteiger partial charge >= 0.3 is 0 Å². The Labute approximate surface area is 114 Å². The maximum absolute atomic E-state index is 9.41. The third-order valence-corrected chi connectivity index (χ3v) is 3.20. The molecule has 0 saturated heterocycles. The Morgan fingerprint density at radius 2 is 2.00 bits per heavy atom. The summed E-state index contributed by atoms with van der Waals surface area (Å²) >= 11 is 0. The van der Waals surface area contributed by atoms with Gasteiger partial charge in [0.25, 0.3) is 0 Å². The first-order valence-corrected chi connectivity index (χ1v) is 6.00. The Hall–Kier alpha value is -2.57. The van der Waals surface area contributed by atoms with Gasteiger partial charge in [0, 0.05) is 12.3 Å². The van der Waals surface area contributed by atoms with E-state index in [2.05, 4.69) is 24.8 Å². The van der Waals surface area contributed by atoms with E-state index in [1.807, 2.05) is 31.2 Å². The molecular weight excluding hydrogens is 234 g/mol. The van der Waals surface area contributed by atoms with Crippen molar-refractivity contribution in [1.29, 1.82) is 15.8 Å². The highest BCUT2D eigenvalue weighted by Gasteiger charge is 2.39. The molecule has 1 aromatic carbocycles. The van der Waals surface area contributed by atoms with Gasteiger partial charge in [-0.15, -0.1) is 6.58 Å². The summed E-state index contributed by atoms with van der Waals surface area (Å²) in [6.07, 6.45) is 1.95. The average molecular weight is 249 g/mol. The molecule has 0 aromatic heterocycles. The monoisotopic (exact) mass is 249 g/mol. The summed E-state index contributed by atoms with van der Waals surface area (Å²) in [5.74, 6) is -0.426. The molecule has 94 valence electrons. The van der Waals surface area contributed by atoms with Gasteiger partial charge in [-0.1, -0.05) is 35.9 Å². The van der Waals surface area contributed by atoms with Crippen LogP contribution >= 0.6 is 0 Å². The van der Waals surface area contributed by atoms with Gasteiger partial charge in [0.05, 0.1) is 18.2 Å². The molecule has 0 spiro atoms. The standard InChI is InChI=1S/C16H15N3/c1-3-8-16(11-18,12-19)15(7-9-17)14-6-4-5-13(2)10-14/h3-6,10,15H,1,7-8H2,2H3. The summed E-state index contributed by atoms with van der Waals surface area (Å²) in [7, 11) is 0. The summed E-state index contributed by atoms with van der Waals surface area (Å²) in [4.78, 5) is 0. The van der Waals surface area contributed by atoms with E-state index in [4.69, 9.17) is 5.26 Å². The smallest absolute Gasteiger partial charge is 0.155 e. The predicted octanol–water partition coefficient (Wildman–Crippen LogP) is 3.60. The number of allylic oxidation sites excluding steroid dienone is 1. The number of hydrogen-bond acceptors (Lipinski definition) is 3. The molecule has 1 unspecified atom stereocenters. The minimum Gasteiger partial charge on any atom is -0.198 e. The highest BCUT2D eigenvalue weighted by atomic mass is 14.5. The lowest BCUT2D eigenvalue weighted by Gasteiger charge is -2.27. The number of hydrogen-bond donors (Lipinski definition) is 0. The first kappa shape index (κ1) is 14.5. The Bertz CT molecular complexity index is 567. The van der Waals surface area contributed by atoms with E-state index in [1.165, 1.54) is 0 Å². The van der Waals surface area contributed by atoms with E-state index in [1.54, 1.807) is 6.08 Å². The van der Waals surface area contributed by atoms with Gasteiger partial charge in [0.15, 0.2) is 5.41 Å². The molecule has 1 rings (SSSR count).